The third-order valence-electron chi connectivity index (χ3n) is 4.49. The molecule has 8 nitrogen and oxygen atoms in total. The van der Waals surface area contributed by atoms with Crippen LogP contribution < -0.4 is 15.0 Å². The van der Waals surface area contributed by atoms with E-state index in [4.69, 9.17) is 26.1 Å². The number of ether oxygens (including phenoxy) is 2. The maximum absolute atomic E-state index is 13.1. The van der Waals surface area contributed by atoms with Crippen LogP contribution in [0.3, 0.4) is 0 Å². The topological polar surface area (TPSA) is 92.3 Å². The van der Waals surface area contributed by atoms with Gasteiger partial charge >= 0.3 is 0 Å². The van der Waals surface area contributed by atoms with Gasteiger partial charge in [-0.25, -0.2) is 14.5 Å². The Kier molecular flexibility index (Phi) is 4.72. The van der Waals surface area contributed by atoms with Crippen molar-refractivity contribution in [3.05, 3.63) is 69.7 Å². The molecular formula is C21H14N4O4S2. The summed E-state index contributed by atoms with van der Waals surface area (Å²) in [5, 5.41) is 0.384. The standard InChI is InChI=1S/C21H14N4O4S2/c1-11-7-13(10-22-9-11)28-12-3-4-14-16(8-12)31-20(24-14)25-19(26)17-18(29-21(25)30)15(27-2)5-6-23-17/h3-10H,1-2H3. The Labute approximate surface area is 184 Å². The van der Waals surface area contributed by atoms with E-state index in [1.165, 1.54) is 29.2 Å². The summed E-state index contributed by atoms with van der Waals surface area (Å²) in [6.45, 7) is 1.95. The first-order chi connectivity index (χ1) is 15.0. The first kappa shape index (κ1) is 19.3. The van der Waals surface area contributed by atoms with Crippen LogP contribution in [0.15, 0.2) is 58.1 Å². The van der Waals surface area contributed by atoms with Crippen molar-refractivity contribution in [1.29, 1.82) is 0 Å². The number of fused-ring (bicyclic) bond motifs is 2. The van der Waals surface area contributed by atoms with Crippen molar-refractivity contribution in [2.24, 2.45) is 0 Å². The van der Waals surface area contributed by atoms with Gasteiger partial charge in [0.25, 0.3) is 10.4 Å². The van der Waals surface area contributed by atoms with Crippen LogP contribution in [0.25, 0.3) is 26.4 Å². The van der Waals surface area contributed by atoms with Crippen LogP contribution in [0.2, 0.25) is 0 Å². The summed E-state index contributed by atoms with van der Waals surface area (Å²) in [4.78, 5) is 25.9. The Hall–Kier alpha value is -3.63. The number of hydrogen-bond donors (Lipinski definition) is 0. The van der Waals surface area contributed by atoms with Gasteiger partial charge in [0.15, 0.2) is 11.3 Å². The fourth-order valence-corrected chi connectivity index (χ4v) is 4.40. The maximum atomic E-state index is 13.1. The Balaban J connectivity index is 1.60. The van der Waals surface area contributed by atoms with E-state index < -0.39 is 5.56 Å². The third kappa shape index (κ3) is 3.45. The summed E-state index contributed by atoms with van der Waals surface area (Å²) < 4.78 is 18.9. The van der Waals surface area contributed by atoms with E-state index in [0.29, 0.717) is 27.9 Å². The monoisotopic (exact) mass is 450 g/mol. The molecule has 154 valence electrons. The summed E-state index contributed by atoms with van der Waals surface area (Å²) in [7, 11) is 1.49. The molecule has 5 aromatic rings. The van der Waals surface area contributed by atoms with Crippen molar-refractivity contribution >= 4 is 44.9 Å². The molecule has 5 rings (SSSR count). The van der Waals surface area contributed by atoms with Crippen molar-refractivity contribution in [3.8, 4) is 22.4 Å². The van der Waals surface area contributed by atoms with Crippen molar-refractivity contribution in [3.63, 3.8) is 0 Å². The maximum Gasteiger partial charge on any atom is 0.290 e. The molecule has 0 atom stereocenters. The van der Waals surface area contributed by atoms with Gasteiger partial charge in [-0.2, -0.15) is 0 Å². The van der Waals surface area contributed by atoms with E-state index in [1.807, 2.05) is 31.2 Å². The zero-order valence-electron chi connectivity index (χ0n) is 16.4. The minimum absolute atomic E-state index is 0.0369. The molecular weight excluding hydrogens is 436 g/mol. The van der Waals surface area contributed by atoms with E-state index in [2.05, 4.69) is 15.0 Å². The first-order valence-electron chi connectivity index (χ1n) is 9.13. The average Bonchev–Trinajstić information content (AvgIpc) is 3.16. The summed E-state index contributed by atoms with van der Waals surface area (Å²) in [5.41, 5.74) is 1.60. The minimum Gasteiger partial charge on any atom is -0.493 e. The van der Waals surface area contributed by atoms with Crippen LogP contribution in [0.1, 0.15) is 5.56 Å². The number of hydrogen-bond acceptors (Lipinski definition) is 9. The van der Waals surface area contributed by atoms with Gasteiger partial charge in [-0.15, -0.1) is 0 Å². The van der Waals surface area contributed by atoms with Gasteiger partial charge < -0.3 is 13.9 Å². The second kappa shape index (κ2) is 7.56. The Morgan fingerprint density at radius 2 is 2.03 bits per heavy atom. The van der Waals surface area contributed by atoms with Gasteiger partial charge in [0.05, 0.1) is 23.5 Å². The number of thiazole rings is 1. The van der Waals surface area contributed by atoms with E-state index in [0.717, 1.165) is 10.3 Å². The Morgan fingerprint density at radius 1 is 1.16 bits per heavy atom. The van der Waals surface area contributed by atoms with Gasteiger partial charge in [-0.3, -0.25) is 9.78 Å². The van der Waals surface area contributed by atoms with Gasteiger partial charge in [-0.05, 0) is 42.9 Å². The molecule has 0 saturated heterocycles. The van der Waals surface area contributed by atoms with E-state index >= 15 is 0 Å². The number of methoxy groups -OCH3 is 1. The molecule has 0 unspecified atom stereocenters. The van der Waals surface area contributed by atoms with Gasteiger partial charge in [0, 0.05) is 24.5 Å². The summed E-state index contributed by atoms with van der Waals surface area (Å²) in [5.74, 6) is 1.66. The molecule has 0 radical (unpaired) electrons. The lowest BCUT2D eigenvalue weighted by Gasteiger charge is -2.05. The van der Waals surface area contributed by atoms with E-state index in [1.54, 1.807) is 18.5 Å². The molecule has 0 amide bonds. The molecule has 0 N–H and O–H groups in total. The van der Waals surface area contributed by atoms with E-state index in [9.17, 15) is 4.79 Å². The highest BCUT2D eigenvalue weighted by Gasteiger charge is 2.17. The van der Waals surface area contributed by atoms with Crippen LogP contribution in [-0.2, 0) is 0 Å². The van der Waals surface area contributed by atoms with Gasteiger partial charge in [0.1, 0.15) is 11.5 Å². The van der Waals surface area contributed by atoms with Gasteiger partial charge in [-0.1, -0.05) is 11.3 Å². The number of nitrogens with zero attached hydrogens (tertiary/aromatic N) is 4. The zero-order chi connectivity index (χ0) is 21.5. The number of rotatable bonds is 4. The summed E-state index contributed by atoms with van der Waals surface area (Å²) in [6, 6.07) is 8.99. The lowest BCUT2D eigenvalue weighted by Crippen LogP contribution is -2.20. The highest BCUT2D eigenvalue weighted by molar-refractivity contribution is 7.71. The molecule has 4 heterocycles. The first-order valence-corrected chi connectivity index (χ1v) is 10.4. The van der Waals surface area contributed by atoms with Crippen LogP contribution in [-0.4, -0.2) is 26.6 Å². The van der Waals surface area contributed by atoms with Gasteiger partial charge in [0.2, 0.25) is 10.7 Å². The molecule has 1 aromatic carbocycles. The van der Waals surface area contributed by atoms with Crippen molar-refractivity contribution in [1.82, 2.24) is 19.5 Å². The fourth-order valence-electron chi connectivity index (χ4n) is 3.10. The van der Waals surface area contributed by atoms with Crippen LogP contribution >= 0.6 is 23.6 Å². The number of aromatic nitrogens is 4. The molecule has 0 aliphatic rings. The molecule has 31 heavy (non-hydrogen) atoms. The van der Waals surface area contributed by atoms with Crippen molar-refractivity contribution < 1.29 is 13.9 Å². The Bertz CT molecular complexity index is 1570. The summed E-state index contributed by atoms with van der Waals surface area (Å²) in [6.07, 6.45) is 4.89. The summed E-state index contributed by atoms with van der Waals surface area (Å²) >= 11 is 6.63. The fraction of sp³-hybridized carbons (Fsp3) is 0.0952. The van der Waals surface area contributed by atoms with Crippen molar-refractivity contribution in [2.45, 2.75) is 6.92 Å². The van der Waals surface area contributed by atoms with Crippen LogP contribution in [0.5, 0.6) is 17.2 Å². The number of benzene rings is 1. The van der Waals surface area contributed by atoms with E-state index in [-0.39, 0.29) is 15.9 Å². The highest BCUT2D eigenvalue weighted by Crippen LogP contribution is 2.31. The van der Waals surface area contributed by atoms with Crippen LogP contribution in [0.4, 0.5) is 0 Å². The predicted octanol–water partition coefficient (Wildman–Crippen LogP) is 4.82. The lowest BCUT2D eigenvalue weighted by atomic mass is 10.3. The number of pyridine rings is 2. The smallest absolute Gasteiger partial charge is 0.290 e. The molecule has 4 aromatic heterocycles. The minimum atomic E-state index is -0.425. The second-order valence-corrected chi connectivity index (χ2v) is 7.98. The molecule has 0 aliphatic carbocycles. The largest absolute Gasteiger partial charge is 0.493 e. The molecule has 0 aliphatic heterocycles. The Morgan fingerprint density at radius 3 is 2.84 bits per heavy atom. The van der Waals surface area contributed by atoms with Crippen molar-refractivity contribution in [2.75, 3.05) is 7.11 Å². The molecule has 10 heteroatoms. The normalized spacial score (nSPS) is 11.2. The predicted molar refractivity (Wildman–Crippen MR) is 119 cm³/mol. The third-order valence-corrected chi connectivity index (χ3v) is 5.76. The zero-order valence-corrected chi connectivity index (χ0v) is 18.0. The molecule has 0 saturated carbocycles. The lowest BCUT2D eigenvalue weighted by molar-refractivity contribution is 0.404. The molecule has 0 bridgehead atoms. The molecule has 0 fully saturated rings. The second-order valence-electron chi connectivity index (χ2n) is 6.63. The van der Waals surface area contributed by atoms with Crippen LogP contribution in [0, 0.1) is 11.8 Å². The average molecular weight is 451 g/mol. The SMILES string of the molecule is COc1ccnc2c(=O)n(-c3nc4ccc(Oc5cncc(C)c5)cc4s3)c(=S)oc12. The number of aryl methyl sites for hydroxylation is 1. The highest BCUT2D eigenvalue weighted by atomic mass is 32.1. The molecule has 0 spiro atoms. The quantitative estimate of drug-likeness (QED) is 0.360.